The van der Waals surface area contributed by atoms with Crippen LogP contribution in [0.2, 0.25) is 0 Å². The van der Waals surface area contributed by atoms with E-state index in [0.29, 0.717) is 31.6 Å². The zero-order valence-corrected chi connectivity index (χ0v) is 36.9. The molecule has 0 bridgehead atoms. The summed E-state index contributed by atoms with van der Waals surface area (Å²) in [7, 11) is 0. The van der Waals surface area contributed by atoms with Crippen molar-refractivity contribution >= 4 is 5.91 Å². The van der Waals surface area contributed by atoms with Crippen molar-refractivity contribution in [3.63, 3.8) is 0 Å². The van der Waals surface area contributed by atoms with Gasteiger partial charge in [-0.3, -0.25) is 4.79 Å². The fourth-order valence-electron chi connectivity index (χ4n) is 12.0. The third-order valence-electron chi connectivity index (χ3n) is 15.8. The Labute approximate surface area is 354 Å². The Morgan fingerprint density at radius 3 is 1.95 bits per heavy atom. The van der Waals surface area contributed by atoms with Gasteiger partial charge in [0.05, 0.1) is 54.4 Å². The minimum absolute atomic E-state index is 0.00444. The minimum atomic E-state index is -1.52. The van der Waals surface area contributed by atoms with E-state index >= 15 is 0 Å². The predicted molar refractivity (Wildman–Crippen MR) is 216 cm³/mol. The summed E-state index contributed by atoms with van der Waals surface area (Å²) in [6.45, 7) is 18.9. The average molecular weight is 858 g/mol. The molecule has 16 nitrogen and oxygen atoms in total. The first-order valence-corrected chi connectivity index (χ1v) is 22.2. The SMILES string of the molecule is C=C(CCC(O)C1(C)CCC(C(C)(C)O[C@@H]2O[C@H](CO)[C@@H](O)[C@H](O)[C@@H]2NC(C)=O)O1)C1CCC2C3(C)CCC(C(C)(C)O[C@@H]4O[C@H](CO)[C@@H](O)[C@H](O)[C@@H]4O)OC3CCC12C. The van der Waals surface area contributed by atoms with Gasteiger partial charge in [0.2, 0.25) is 5.91 Å². The number of nitrogens with one attached hydrogen (secondary N) is 1. The molecule has 4 heterocycles. The Morgan fingerprint density at radius 1 is 0.750 bits per heavy atom. The molecule has 16 heteroatoms. The van der Waals surface area contributed by atoms with Crippen molar-refractivity contribution in [3.05, 3.63) is 12.2 Å². The van der Waals surface area contributed by atoms with E-state index in [1.54, 1.807) is 0 Å². The van der Waals surface area contributed by atoms with E-state index in [-0.39, 0.29) is 29.0 Å². The van der Waals surface area contributed by atoms with Crippen LogP contribution in [0.15, 0.2) is 12.2 Å². The van der Waals surface area contributed by atoms with E-state index in [2.05, 4.69) is 25.7 Å². The van der Waals surface area contributed by atoms with Gasteiger partial charge in [-0.2, -0.15) is 0 Å². The zero-order valence-electron chi connectivity index (χ0n) is 36.9. The Balaban J connectivity index is 1.03. The molecule has 6 aliphatic rings. The largest absolute Gasteiger partial charge is 0.394 e. The van der Waals surface area contributed by atoms with Crippen molar-refractivity contribution in [2.45, 2.75) is 222 Å². The Kier molecular flexibility index (Phi) is 14.4. The smallest absolute Gasteiger partial charge is 0.217 e. The van der Waals surface area contributed by atoms with Gasteiger partial charge in [0.25, 0.3) is 0 Å². The molecule has 6 fully saturated rings. The maximum Gasteiger partial charge on any atom is 0.217 e. The molecule has 4 aliphatic heterocycles. The third-order valence-corrected chi connectivity index (χ3v) is 15.8. The molecule has 2 saturated carbocycles. The fraction of sp³-hybridized carbons (Fsp3) is 0.932. The number of ether oxygens (including phenoxy) is 6. The minimum Gasteiger partial charge on any atom is -0.394 e. The summed E-state index contributed by atoms with van der Waals surface area (Å²) in [5.41, 5.74) is -1.67. The summed E-state index contributed by atoms with van der Waals surface area (Å²) in [4.78, 5) is 12.0. The molecular formula is C44H75NO15. The molecular weight excluding hydrogens is 782 g/mol. The second-order valence-electron chi connectivity index (χ2n) is 20.6. The van der Waals surface area contributed by atoms with Crippen molar-refractivity contribution in [1.29, 1.82) is 0 Å². The van der Waals surface area contributed by atoms with E-state index < -0.39 is 109 Å². The van der Waals surface area contributed by atoms with Gasteiger partial charge in [-0.15, -0.1) is 0 Å². The molecule has 4 saturated heterocycles. The molecule has 0 aromatic carbocycles. The molecule has 9 N–H and O–H groups in total. The summed E-state index contributed by atoms with van der Waals surface area (Å²) in [5, 5.41) is 86.1. The molecule has 2 aliphatic carbocycles. The van der Waals surface area contributed by atoms with Crippen LogP contribution >= 0.6 is 0 Å². The van der Waals surface area contributed by atoms with E-state index in [9.17, 15) is 45.6 Å². The van der Waals surface area contributed by atoms with Crippen LogP contribution in [0.3, 0.4) is 0 Å². The zero-order chi connectivity index (χ0) is 44.3. The molecule has 0 aromatic heterocycles. The van der Waals surface area contributed by atoms with Crippen molar-refractivity contribution in [2.24, 2.45) is 22.7 Å². The monoisotopic (exact) mass is 858 g/mol. The number of allylic oxidation sites excluding steroid dienone is 1. The van der Waals surface area contributed by atoms with Crippen molar-refractivity contribution < 1.29 is 74.1 Å². The van der Waals surface area contributed by atoms with Crippen LogP contribution in [0.25, 0.3) is 0 Å². The highest BCUT2D eigenvalue weighted by Crippen LogP contribution is 2.66. The summed E-state index contributed by atoms with van der Waals surface area (Å²) in [6, 6.07) is -1.08. The van der Waals surface area contributed by atoms with Crippen LogP contribution in [-0.2, 0) is 33.2 Å². The van der Waals surface area contributed by atoms with Crippen LogP contribution in [0.5, 0.6) is 0 Å². The molecule has 6 rings (SSSR count). The normalized spacial score (nSPS) is 46.7. The summed E-state index contributed by atoms with van der Waals surface area (Å²) in [5.74, 6) is 0.251. The molecule has 60 heavy (non-hydrogen) atoms. The van der Waals surface area contributed by atoms with Crippen molar-refractivity contribution in [1.82, 2.24) is 5.32 Å². The number of amides is 1. The molecule has 0 spiro atoms. The van der Waals surface area contributed by atoms with E-state index in [1.165, 1.54) is 6.92 Å². The summed E-state index contributed by atoms with van der Waals surface area (Å²) in [6.07, 6.45) is -5.64. The number of rotatable bonds is 14. The quantitative estimate of drug-likeness (QED) is 0.112. The van der Waals surface area contributed by atoms with Crippen molar-refractivity contribution in [2.75, 3.05) is 13.2 Å². The fourth-order valence-corrected chi connectivity index (χ4v) is 12.0. The maximum absolute atomic E-state index is 12.0. The Hall–Kier alpha value is -1.35. The van der Waals surface area contributed by atoms with Gasteiger partial charge in [0, 0.05) is 6.92 Å². The van der Waals surface area contributed by atoms with Crippen molar-refractivity contribution in [3.8, 4) is 0 Å². The number of hydrogen-bond acceptors (Lipinski definition) is 15. The summed E-state index contributed by atoms with van der Waals surface area (Å²) < 4.78 is 37.6. The lowest BCUT2D eigenvalue weighted by atomic mass is 9.51. The number of aliphatic hydroxyl groups is 8. The van der Waals surface area contributed by atoms with Gasteiger partial charge in [0.15, 0.2) is 12.6 Å². The number of fused-ring (bicyclic) bond motifs is 3. The average Bonchev–Trinajstić information content (AvgIpc) is 3.78. The Morgan fingerprint density at radius 2 is 1.32 bits per heavy atom. The predicted octanol–water partition coefficient (Wildman–Crippen LogP) is 1.34. The van der Waals surface area contributed by atoms with Crippen LogP contribution in [0.4, 0.5) is 0 Å². The lowest BCUT2D eigenvalue weighted by Gasteiger charge is -2.59. The van der Waals surface area contributed by atoms with Crippen LogP contribution < -0.4 is 5.32 Å². The summed E-state index contributed by atoms with van der Waals surface area (Å²) >= 11 is 0. The highest BCUT2D eigenvalue weighted by atomic mass is 16.7. The molecule has 346 valence electrons. The number of carbonyl (C=O) groups is 1. The second-order valence-corrected chi connectivity index (χ2v) is 20.6. The second kappa shape index (κ2) is 17.9. The van der Waals surface area contributed by atoms with Gasteiger partial charge in [0.1, 0.15) is 48.8 Å². The Bertz CT molecular complexity index is 1510. The van der Waals surface area contributed by atoms with E-state index in [4.69, 9.17) is 28.4 Å². The lowest BCUT2D eigenvalue weighted by molar-refractivity contribution is -0.341. The van der Waals surface area contributed by atoms with Crippen LogP contribution in [-0.4, -0.2) is 163 Å². The molecule has 0 aromatic rings. The first-order valence-electron chi connectivity index (χ1n) is 22.2. The number of aliphatic hydroxyl groups excluding tert-OH is 8. The topological polar surface area (TPSA) is 246 Å². The molecule has 19 atom stereocenters. The van der Waals surface area contributed by atoms with E-state index in [0.717, 1.165) is 44.1 Å². The van der Waals surface area contributed by atoms with Crippen LogP contribution in [0, 0.1) is 22.7 Å². The number of hydrogen-bond donors (Lipinski definition) is 9. The maximum atomic E-state index is 12.0. The molecule has 1 amide bonds. The highest BCUT2D eigenvalue weighted by Gasteiger charge is 2.62. The van der Waals surface area contributed by atoms with Gasteiger partial charge < -0.3 is 74.6 Å². The molecule has 0 radical (unpaired) electrons. The van der Waals surface area contributed by atoms with Crippen LogP contribution in [0.1, 0.15) is 120 Å². The van der Waals surface area contributed by atoms with Gasteiger partial charge in [-0.1, -0.05) is 26.0 Å². The van der Waals surface area contributed by atoms with Gasteiger partial charge in [-0.25, -0.2) is 0 Å². The number of carbonyl (C=O) groups excluding carboxylic acids is 1. The van der Waals surface area contributed by atoms with Gasteiger partial charge in [-0.05, 0) is 121 Å². The molecule has 9 unspecified atom stereocenters. The third kappa shape index (κ3) is 9.00. The lowest BCUT2D eigenvalue weighted by Crippen LogP contribution is -2.66. The van der Waals surface area contributed by atoms with Gasteiger partial charge >= 0.3 is 0 Å². The van der Waals surface area contributed by atoms with E-state index in [1.807, 2.05) is 34.6 Å². The first-order chi connectivity index (χ1) is 27.9. The highest BCUT2D eigenvalue weighted by molar-refractivity contribution is 5.73. The first kappa shape index (κ1) is 48.1. The standard InChI is InChI=1S/C44H75NO15/c1-22(10-13-28(49)44(9)19-16-30(58-44)41(5,6)59-38-32(45-23(2)48)35(52)33(50)25(20-46)55-38)24-11-12-27-42(24,7)17-15-31-43(27,8)18-14-29(57-31)40(3,4)60-39-37(54)36(53)34(51)26(21-47)56-39/h24-39,46-47,49-54H,1,10-21H2,2-9H3,(H,45,48)/t24?,25-,26-,27?,28?,29?,30?,31?,32+,33-,34-,35-,36+,37+,38+,39+,42?,43?,44?/m1/s1.